The van der Waals surface area contributed by atoms with Gasteiger partial charge in [0.1, 0.15) is 5.60 Å². The molecule has 0 radical (unpaired) electrons. The van der Waals surface area contributed by atoms with Crippen molar-refractivity contribution in [3.05, 3.63) is 0 Å². The molecule has 0 bridgehead atoms. The molecule has 0 aliphatic heterocycles. The molecule has 0 heterocycles. The summed E-state index contributed by atoms with van der Waals surface area (Å²) < 4.78 is 10.8. The zero-order valence-electron chi connectivity index (χ0n) is 14.5. The zero-order chi connectivity index (χ0) is 16.2. The Morgan fingerprint density at radius 3 is 2.59 bits per heavy atom. The molecule has 5 heteroatoms. The molecule has 2 N–H and O–H groups in total. The van der Waals surface area contributed by atoms with E-state index in [9.17, 15) is 4.79 Å². The minimum absolute atomic E-state index is 0.307. The van der Waals surface area contributed by atoms with E-state index in [2.05, 4.69) is 10.6 Å². The Kier molecular flexibility index (Phi) is 6.09. The van der Waals surface area contributed by atoms with Gasteiger partial charge in [0.25, 0.3) is 0 Å². The van der Waals surface area contributed by atoms with Crippen molar-refractivity contribution in [2.24, 2.45) is 5.92 Å². The van der Waals surface area contributed by atoms with E-state index in [1.807, 2.05) is 20.8 Å². The number of rotatable bonds is 5. The van der Waals surface area contributed by atoms with Crippen molar-refractivity contribution in [2.45, 2.75) is 83.1 Å². The number of hydrogen-bond donors (Lipinski definition) is 2. The lowest BCUT2D eigenvalue weighted by atomic mass is 10.0. The summed E-state index contributed by atoms with van der Waals surface area (Å²) in [6.45, 7) is 6.36. The van der Waals surface area contributed by atoms with E-state index in [4.69, 9.17) is 9.47 Å². The van der Waals surface area contributed by atoms with Gasteiger partial charge in [0.05, 0.1) is 6.10 Å². The van der Waals surface area contributed by atoms with Crippen molar-refractivity contribution in [1.29, 1.82) is 0 Å². The standard InChI is InChI=1S/C17H32N2O3/c1-17(2,3)22-16(20)18-11-12-6-5-7-15(12)19-13-8-9-14(10-13)21-4/h12-15,19H,5-11H2,1-4H3,(H,18,20). The number of ether oxygens (including phenoxy) is 2. The molecule has 1 amide bonds. The normalized spacial score (nSPS) is 32.2. The maximum Gasteiger partial charge on any atom is 0.407 e. The SMILES string of the molecule is COC1CCC(NC2CCCC2CNC(=O)OC(C)(C)C)C1. The average molecular weight is 312 g/mol. The predicted molar refractivity (Wildman–Crippen MR) is 86.9 cm³/mol. The fourth-order valence-electron chi connectivity index (χ4n) is 3.64. The summed E-state index contributed by atoms with van der Waals surface area (Å²) in [5.74, 6) is 0.508. The van der Waals surface area contributed by atoms with Crippen LogP contribution >= 0.6 is 0 Å². The van der Waals surface area contributed by atoms with E-state index < -0.39 is 5.60 Å². The first-order valence-corrected chi connectivity index (χ1v) is 8.63. The molecule has 2 rings (SSSR count). The zero-order valence-corrected chi connectivity index (χ0v) is 14.5. The lowest BCUT2D eigenvalue weighted by Crippen LogP contribution is -2.44. The summed E-state index contributed by atoms with van der Waals surface area (Å²) in [6, 6.07) is 1.08. The first-order chi connectivity index (χ1) is 10.4. The van der Waals surface area contributed by atoms with Crippen LogP contribution in [0, 0.1) is 5.92 Å². The van der Waals surface area contributed by atoms with Crippen molar-refractivity contribution >= 4 is 6.09 Å². The number of carbonyl (C=O) groups is 1. The second-order valence-electron chi connectivity index (χ2n) is 7.71. The predicted octanol–water partition coefficient (Wildman–Crippen LogP) is 2.84. The monoisotopic (exact) mass is 312 g/mol. The van der Waals surface area contributed by atoms with Crippen LogP contribution in [-0.4, -0.2) is 43.5 Å². The van der Waals surface area contributed by atoms with Crippen LogP contribution in [-0.2, 0) is 9.47 Å². The summed E-state index contributed by atoms with van der Waals surface area (Å²) >= 11 is 0. The molecule has 0 aromatic heterocycles. The highest BCUT2D eigenvalue weighted by Crippen LogP contribution is 2.29. The van der Waals surface area contributed by atoms with Gasteiger partial charge in [0.2, 0.25) is 0 Å². The molecule has 0 saturated heterocycles. The fourth-order valence-corrected chi connectivity index (χ4v) is 3.64. The van der Waals surface area contributed by atoms with E-state index >= 15 is 0 Å². The molecule has 2 saturated carbocycles. The van der Waals surface area contributed by atoms with E-state index in [-0.39, 0.29) is 6.09 Å². The summed E-state index contributed by atoms with van der Waals surface area (Å²) in [6.07, 6.45) is 7.18. The highest BCUT2D eigenvalue weighted by Gasteiger charge is 2.32. The minimum Gasteiger partial charge on any atom is -0.444 e. The molecule has 0 aromatic rings. The largest absolute Gasteiger partial charge is 0.444 e. The Hall–Kier alpha value is -0.810. The molecule has 0 aromatic carbocycles. The molecule has 128 valence electrons. The Balaban J connectivity index is 1.73. The third-order valence-corrected chi connectivity index (χ3v) is 4.73. The van der Waals surface area contributed by atoms with Crippen molar-refractivity contribution in [2.75, 3.05) is 13.7 Å². The van der Waals surface area contributed by atoms with Gasteiger partial charge >= 0.3 is 6.09 Å². The number of hydrogen-bond acceptors (Lipinski definition) is 4. The Morgan fingerprint density at radius 2 is 1.95 bits per heavy atom. The maximum atomic E-state index is 11.8. The second kappa shape index (κ2) is 7.64. The summed E-state index contributed by atoms with van der Waals surface area (Å²) in [5.41, 5.74) is -0.434. The molecule has 0 spiro atoms. The molecule has 4 unspecified atom stereocenters. The molecule has 4 atom stereocenters. The number of amides is 1. The van der Waals surface area contributed by atoms with Gasteiger partial charge < -0.3 is 20.1 Å². The van der Waals surface area contributed by atoms with E-state index in [1.54, 1.807) is 7.11 Å². The Morgan fingerprint density at radius 1 is 1.18 bits per heavy atom. The number of nitrogens with one attached hydrogen (secondary N) is 2. The first kappa shape index (κ1) is 17.5. The van der Waals surface area contributed by atoms with Gasteiger partial charge in [-0.2, -0.15) is 0 Å². The first-order valence-electron chi connectivity index (χ1n) is 8.63. The molecule has 2 aliphatic rings. The molecular formula is C17H32N2O3. The molecule has 2 aliphatic carbocycles. The molecular weight excluding hydrogens is 280 g/mol. The topological polar surface area (TPSA) is 59.6 Å². The smallest absolute Gasteiger partial charge is 0.407 e. The van der Waals surface area contributed by atoms with Crippen molar-refractivity contribution in [1.82, 2.24) is 10.6 Å². The fraction of sp³-hybridized carbons (Fsp3) is 0.941. The van der Waals surface area contributed by atoms with Crippen LogP contribution in [0.4, 0.5) is 4.79 Å². The van der Waals surface area contributed by atoms with Gasteiger partial charge in [-0.1, -0.05) is 6.42 Å². The number of carbonyl (C=O) groups excluding carboxylic acids is 1. The van der Waals surface area contributed by atoms with Gasteiger partial charge in [-0.15, -0.1) is 0 Å². The number of alkyl carbamates (subject to hydrolysis) is 1. The van der Waals surface area contributed by atoms with Gasteiger partial charge in [-0.25, -0.2) is 4.79 Å². The van der Waals surface area contributed by atoms with E-state index in [0.717, 1.165) is 12.8 Å². The van der Waals surface area contributed by atoms with Crippen LogP contribution in [0.1, 0.15) is 59.3 Å². The third kappa shape index (κ3) is 5.43. The Bertz CT molecular complexity index is 367. The third-order valence-electron chi connectivity index (χ3n) is 4.73. The highest BCUT2D eigenvalue weighted by atomic mass is 16.6. The van der Waals surface area contributed by atoms with Gasteiger partial charge in [0.15, 0.2) is 0 Å². The average Bonchev–Trinajstić information content (AvgIpc) is 3.04. The van der Waals surface area contributed by atoms with E-state index in [0.29, 0.717) is 30.7 Å². The van der Waals surface area contributed by atoms with Crippen LogP contribution < -0.4 is 10.6 Å². The molecule has 5 nitrogen and oxygen atoms in total. The van der Waals surface area contributed by atoms with Crippen LogP contribution in [0.25, 0.3) is 0 Å². The van der Waals surface area contributed by atoms with Crippen LogP contribution in [0.5, 0.6) is 0 Å². The van der Waals surface area contributed by atoms with Gasteiger partial charge in [-0.05, 0) is 58.8 Å². The van der Waals surface area contributed by atoms with Crippen LogP contribution in [0.3, 0.4) is 0 Å². The Labute approximate surface area is 134 Å². The maximum absolute atomic E-state index is 11.8. The van der Waals surface area contributed by atoms with Gasteiger partial charge in [0, 0.05) is 25.7 Å². The van der Waals surface area contributed by atoms with Crippen LogP contribution in [0.2, 0.25) is 0 Å². The highest BCUT2D eigenvalue weighted by molar-refractivity contribution is 5.67. The molecule has 2 fully saturated rings. The summed E-state index contributed by atoms with van der Waals surface area (Å²) in [7, 11) is 1.80. The summed E-state index contributed by atoms with van der Waals surface area (Å²) in [5, 5.41) is 6.72. The number of methoxy groups -OCH3 is 1. The van der Waals surface area contributed by atoms with E-state index in [1.165, 1.54) is 25.7 Å². The molecule has 22 heavy (non-hydrogen) atoms. The minimum atomic E-state index is -0.434. The van der Waals surface area contributed by atoms with Crippen molar-refractivity contribution < 1.29 is 14.3 Å². The lowest BCUT2D eigenvalue weighted by molar-refractivity contribution is 0.0517. The second-order valence-corrected chi connectivity index (χ2v) is 7.71. The van der Waals surface area contributed by atoms with Crippen molar-refractivity contribution in [3.63, 3.8) is 0 Å². The summed E-state index contributed by atoms with van der Waals surface area (Å²) in [4.78, 5) is 11.8. The lowest BCUT2D eigenvalue weighted by Gasteiger charge is -2.26. The quantitative estimate of drug-likeness (QED) is 0.819. The van der Waals surface area contributed by atoms with Crippen molar-refractivity contribution in [3.8, 4) is 0 Å². The van der Waals surface area contributed by atoms with Crippen LogP contribution in [0.15, 0.2) is 0 Å². The van der Waals surface area contributed by atoms with Gasteiger partial charge in [-0.3, -0.25) is 0 Å².